The lowest BCUT2D eigenvalue weighted by Gasteiger charge is -2.32. The summed E-state index contributed by atoms with van der Waals surface area (Å²) < 4.78 is 1.85. The zero-order chi connectivity index (χ0) is 15.4. The third-order valence-corrected chi connectivity index (χ3v) is 4.19. The Morgan fingerprint density at radius 2 is 2.36 bits per heavy atom. The van der Waals surface area contributed by atoms with Crippen LogP contribution in [0.3, 0.4) is 0 Å². The smallest absolute Gasteiger partial charge is 0.274 e. The summed E-state index contributed by atoms with van der Waals surface area (Å²) in [5, 5.41) is 11.4. The molecule has 1 unspecified atom stereocenters. The quantitative estimate of drug-likeness (QED) is 0.919. The molecule has 1 atom stereocenters. The van der Waals surface area contributed by atoms with E-state index >= 15 is 0 Å². The minimum atomic E-state index is 0.0594. The lowest BCUT2D eigenvalue weighted by atomic mass is 9.93. The average Bonchev–Trinajstić information content (AvgIpc) is 3.19. The molecule has 118 valence electrons. The Labute approximate surface area is 130 Å². The summed E-state index contributed by atoms with van der Waals surface area (Å²) in [6.07, 6.45) is 7.86. The third kappa shape index (κ3) is 3.37. The van der Waals surface area contributed by atoms with Crippen molar-refractivity contribution in [3.63, 3.8) is 0 Å². The van der Waals surface area contributed by atoms with Crippen molar-refractivity contribution in [2.24, 2.45) is 5.92 Å². The maximum Gasteiger partial charge on any atom is 0.274 e. The standard InChI is InChI=1S/C16H23N5O/c1-2-8-21-10-6-15(19-21)16(22)20-9-3-4-13(12-20)11-14-5-7-17-18-14/h5-7,10,13H,2-4,8-9,11-12H2,1H3,(H,17,18). The van der Waals surface area contributed by atoms with Crippen LogP contribution >= 0.6 is 0 Å². The van der Waals surface area contributed by atoms with Gasteiger partial charge in [0.05, 0.1) is 0 Å². The minimum absolute atomic E-state index is 0.0594. The number of hydrogen-bond acceptors (Lipinski definition) is 3. The Bertz CT molecular complexity index is 604. The highest BCUT2D eigenvalue weighted by molar-refractivity contribution is 5.92. The topological polar surface area (TPSA) is 66.8 Å². The van der Waals surface area contributed by atoms with E-state index in [1.54, 1.807) is 6.20 Å². The summed E-state index contributed by atoms with van der Waals surface area (Å²) in [6, 6.07) is 3.84. The van der Waals surface area contributed by atoms with Crippen LogP contribution in [0, 0.1) is 5.92 Å². The van der Waals surface area contributed by atoms with E-state index in [0.29, 0.717) is 11.6 Å². The van der Waals surface area contributed by atoms with E-state index in [0.717, 1.165) is 51.0 Å². The number of carbonyl (C=O) groups is 1. The van der Waals surface area contributed by atoms with Gasteiger partial charge in [-0.15, -0.1) is 0 Å². The first-order valence-electron chi connectivity index (χ1n) is 8.07. The number of nitrogens with one attached hydrogen (secondary N) is 1. The molecule has 3 rings (SSSR count). The zero-order valence-corrected chi connectivity index (χ0v) is 13.0. The summed E-state index contributed by atoms with van der Waals surface area (Å²) in [7, 11) is 0. The average molecular weight is 301 g/mol. The van der Waals surface area contributed by atoms with Gasteiger partial charge in [-0.25, -0.2) is 0 Å². The van der Waals surface area contributed by atoms with Crippen LogP contribution < -0.4 is 0 Å². The van der Waals surface area contributed by atoms with Gasteiger partial charge < -0.3 is 4.90 Å². The Kier molecular flexibility index (Phi) is 4.56. The maximum absolute atomic E-state index is 12.6. The molecule has 6 heteroatoms. The summed E-state index contributed by atoms with van der Waals surface area (Å²) in [5.41, 5.74) is 1.71. The van der Waals surface area contributed by atoms with Gasteiger partial charge in [-0.3, -0.25) is 14.6 Å². The summed E-state index contributed by atoms with van der Waals surface area (Å²) in [5.74, 6) is 0.556. The molecule has 0 saturated carbocycles. The molecule has 1 fully saturated rings. The maximum atomic E-state index is 12.6. The highest BCUT2D eigenvalue weighted by atomic mass is 16.2. The van der Waals surface area contributed by atoms with Crippen LogP contribution in [0.4, 0.5) is 0 Å². The first-order chi connectivity index (χ1) is 10.8. The van der Waals surface area contributed by atoms with Gasteiger partial charge in [0.25, 0.3) is 5.91 Å². The van der Waals surface area contributed by atoms with Crippen LogP contribution in [0.1, 0.15) is 42.4 Å². The molecular formula is C16H23N5O. The number of amides is 1. The molecule has 1 N–H and O–H groups in total. The lowest BCUT2D eigenvalue weighted by molar-refractivity contribution is 0.0666. The van der Waals surface area contributed by atoms with Gasteiger partial charge in [0.2, 0.25) is 0 Å². The second-order valence-corrected chi connectivity index (χ2v) is 6.01. The molecule has 0 radical (unpaired) electrons. The molecule has 0 aliphatic carbocycles. The number of hydrogen-bond donors (Lipinski definition) is 1. The molecule has 1 amide bonds. The second kappa shape index (κ2) is 6.77. The number of nitrogens with zero attached hydrogens (tertiary/aromatic N) is 4. The van der Waals surface area contributed by atoms with Crippen molar-refractivity contribution in [1.29, 1.82) is 0 Å². The Balaban J connectivity index is 1.61. The van der Waals surface area contributed by atoms with Crippen LogP contribution in [0.25, 0.3) is 0 Å². The largest absolute Gasteiger partial charge is 0.337 e. The molecule has 2 aromatic heterocycles. The Morgan fingerprint density at radius 3 is 3.14 bits per heavy atom. The Hall–Kier alpha value is -2.11. The van der Waals surface area contributed by atoms with Crippen LogP contribution in [-0.2, 0) is 13.0 Å². The monoisotopic (exact) mass is 301 g/mol. The molecule has 2 aromatic rings. The van der Waals surface area contributed by atoms with Crippen molar-refractivity contribution in [2.75, 3.05) is 13.1 Å². The molecule has 0 bridgehead atoms. The van der Waals surface area contributed by atoms with Gasteiger partial charge in [0.1, 0.15) is 5.69 Å². The minimum Gasteiger partial charge on any atom is -0.337 e. The number of piperidine rings is 1. The third-order valence-electron chi connectivity index (χ3n) is 4.19. The molecular weight excluding hydrogens is 278 g/mol. The second-order valence-electron chi connectivity index (χ2n) is 6.01. The van der Waals surface area contributed by atoms with Crippen LogP contribution in [-0.4, -0.2) is 43.9 Å². The molecule has 6 nitrogen and oxygen atoms in total. The predicted molar refractivity (Wildman–Crippen MR) is 83.4 cm³/mol. The van der Waals surface area contributed by atoms with Crippen LogP contribution in [0.5, 0.6) is 0 Å². The molecule has 1 aliphatic rings. The highest BCUT2D eigenvalue weighted by Gasteiger charge is 2.26. The first kappa shape index (κ1) is 14.8. The van der Waals surface area contributed by atoms with Crippen molar-refractivity contribution in [3.8, 4) is 0 Å². The SMILES string of the molecule is CCCn1ccc(C(=O)N2CCCC(Cc3ccn[nH]3)C2)n1. The van der Waals surface area contributed by atoms with Gasteiger partial charge >= 0.3 is 0 Å². The molecule has 0 spiro atoms. The summed E-state index contributed by atoms with van der Waals surface area (Å²) >= 11 is 0. The molecule has 1 aliphatic heterocycles. The van der Waals surface area contributed by atoms with Crippen molar-refractivity contribution in [3.05, 3.63) is 35.9 Å². The number of aromatic nitrogens is 4. The number of carbonyl (C=O) groups excluding carboxylic acids is 1. The number of aryl methyl sites for hydroxylation is 1. The van der Waals surface area contributed by atoms with E-state index in [-0.39, 0.29) is 5.91 Å². The van der Waals surface area contributed by atoms with E-state index < -0.39 is 0 Å². The Morgan fingerprint density at radius 1 is 1.45 bits per heavy atom. The fraction of sp³-hybridized carbons (Fsp3) is 0.562. The molecule has 22 heavy (non-hydrogen) atoms. The van der Waals surface area contributed by atoms with E-state index in [4.69, 9.17) is 0 Å². The van der Waals surface area contributed by atoms with Crippen LogP contribution in [0.2, 0.25) is 0 Å². The van der Waals surface area contributed by atoms with Gasteiger partial charge in [-0.05, 0) is 43.7 Å². The van der Waals surface area contributed by atoms with Crippen molar-refractivity contribution in [1.82, 2.24) is 24.9 Å². The van der Waals surface area contributed by atoms with E-state index in [1.165, 1.54) is 0 Å². The van der Waals surface area contributed by atoms with Crippen molar-refractivity contribution >= 4 is 5.91 Å². The first-order valence-corrected chi connectivity index (χ1v) is 8.07. The molecule has 1 saturated heterocycles. The molecule has 3 heterocycles. The van der Waals surface area contributed by atoms with E-state index in [2.05, 4.69) is 22.2 Å². The van der Waals surface area contributed by atoms with Crippen molar-refractivity contribution < 1.29 is 4.79 Å². The van der Waals surface area contributed by atoms with Crippen LogP contribution in [0.15, 0.2) is 24.5 Å². The van der Waals surface area contributed by atoms with Gasteiger partial charge in [-0.1, -0.05) is 6.92 Å². The van der Waals surface area contributed by atoms with E-state index in [1.807, 2.05) is 27.9 Å². The fourth-order valence-electron chi connectivity index (χ4n) is 3.12. The van der Waals surface area contributed by atoms with Gasteiger partial charge in [0, 0.05) is 37.7 Å². The van der Waals surface area contributed by atoms with E-state index in [9.17, 15) is 4.79 Å². The van der Waals surface area contributed by atoms with Crippen molar-refractivity contribution in [2.45, 2.75) is 39.2 Å². The van der Waals surface area contributed by atoms with Gasteiger partial charge in [0.15, 0.2) is 0 Å². The number of aromatic amines is 1. The van der Waals surface area contributed by atoms with Gasteiger partial charge in [-0.2, -0.15) is 10.2 Å². The summed E-state index contributed by atoms with van der Waals surface area (Å²) in [4.78, 5) is 14.5. The number of likely N-dealkylation sites (tertiary alicyclic amines) is 1. The lowest BCUT2D eigenvalue weighted by Crippen LogP contribution is -2.40. The number of H-pyrrole nitrogens is 1. The number of rotatable bonds is 5. The molecule has 0 aromatic carbocycles. The fourth-order valence-corrected chi connectivity index (χ4v) is 3.12. The normalized spacial score (nSPS) is 18.6. The summed E-state index contributed by atoms with van der Waals surface area (Å²) in [6.45, 7) is 4.60. The zero-order valence-electron chi connectivity index (χ0n) is 13.0. The predicted octanol–water partition coefficient (Wildman–Crippen LogP) is 2.11. The highest BCUT2D eigenvalue weighted by Crippen LogP contribution is 2.21.